The number of rotatable bonds is 4. The van der Waals surface area contributed by atoms with Crippen molar-refractivity contribution >= 4 is 33.2 Å². The van der Waals surface area contributed by atoms with Gasteiger partial charge in [0, 0.05) is 5.69 Å². The molecule has 19 heavy (non-hydrogen) atoms. The van der Waals surface area contributed by atoms with Gasteiger partial charge < -0.3 is 5.11 Å². The van der Waals surface area contributed by atoms with Crippen molar-refractivity contribution in [3.8, 4) is 10.4 Å². The van der Waals surface area contributed by atoms with Crippen molar-refractivity contribution in [1.82, 2.24) is 4.37 Å². The van der Waals surface area contributed by atoms with Crippen LogP contribution in [-0.4, -0.2) is 30.1 Å². The predicted octanol–water partition coefficient (Wildman–Crippen LogP) is 1.88. The molecule has 0 aliphatic carbocycles. The Bertz CT molecular complexity index is 705. The maximum absolute atomic E-state index is 11.0. The Hall–Kier alpha value is -1.93. The van der Waals surface area contributed by atoms with E-state index in [4.69, 9.17) is 5.11 Å². The van der Waals surface area contributed by atoms with Crippen LogP contribution in [0, 0.1) is 0 Å². The summed E-state index contributed by atoms with van der Waals surface area (Å²) in [6.07, 6.45) is 1.07. The first-order chi connectivity index (χ1) is 8.85. The molecule has 1 heterocycles. The molecule has 0 aliphatic rings. The van der Waals surface area contributed by atoms with Crippen LogP contribution in [0.3, 0.4) is 0 Å². The smallest absolute Gasteiger partial charge is 0.355 e. The fourth-order valence-corrected chi connectivity index (χ4v) is 2.73. The van der Waals surface area contributed by atoms with Gasteiger partial charge in [0.15, 0.2) is 5.69 Å². The lowest BCUT2D eigenvalue weighted by atomic mass is 10.1. The minimum absolute atomic E-state index is 0.00154. The van der Waals surface area contributed by atoms with E-state index in [1.807, 2.05) is 0 Å². The summed E-state index contributed by atoms with van der Waals surface area (Å²) >= 11 is 1.08. The molecule has 0 saturated carbocycles. The van der Waals surface area contributed by atoms with Crippen molar-refractivity contribution in [3.05, 3.63) is 36.0 Å². The van der Waals surface area contributed by atoms with Crippen LogP contribution in [0.15, 0.2) is 30.3 Å². The van der Waals surface area contributed by atoms with Gasteiger partial charge in [-0.2, -0.15) is 4.37 Å². The quantitative estimate of drug-likeness (QED) is 0.898. The molecule has 1 aromatic carbocycles. The summed E-state index contributed by atoms with van der Waals surface area (Å²) in [6, 6.07) is 8.10. The van der Waals surface area contributed by atoms with Gasteiger partial charge in [-0.1, -0.05) is 12.1 Å². The average molecular weight is 298 g/mol. The number of aromatic carboxylic acids is 1. The molecular formula is C11H10N2O4S2. The predicted molar refractivity (Wildman–Crippen MR) is 73.0 cm³/mol. The highest BCUT2D eigenvalue weighted by molar-refractivity contribution is 7.92. The SMILES string of the molecule is CS(=O)(=O)Nc1ccc(-c2cc(C(=O)O)ns2)cc1. The molecule has 0 radical (unpaired) electrons. The molecule has 0 saturated heterocycles. The number of aromatic nitrogens is 1. The summed E-state index contributed by atoms with van der Waals surface area (Å²) in [5, 5.41) is 8.78. The van der Waals surface area contributed by atoms with Crippen LogP contribution in [-0.2, 0) is 10.0 Å². The Morgan fingerprint density at radius 1 is 1.32 bits per heavy atom. The number of sulfonamides is 1. The molecule has 0 unspecified atom stereocenters. The highest BCUT2D eigenvalue weighted by Crippen LogP contribution is 2.26. The molecule has 0 atom stereocenters. The van der Waals surface area contributed by atoms with Gasteiger partial charge in [-0.05, 0) is 35.3 Å². The van der Waals surface area contributed by atoms with E-state index in [1.54, 1.807) is 24.3 Å². The van der Waals surface area contributed by atoms with E-state index in [9.17, 15) is 13.2 Å². The second-order valence-corrected chi connectivity index (χ2v) is 6.39. The molecule has 0 fully saturated rings. The van der Waals surface area contributed by atoms with E-state index in [0.717, 1.165) is 23.4 Å². The van der Waals surface area contributed by atoms with E-state index in [0.29, 0.717) is 10.6 Å². The summed E-state index contributed by atoms with van der Waals surface area (Å²) in [5.74, 6) is -1.07. The lowest BCUT2D eigenvalue weighted by Gasteiger charge is -2.04. The molecule has 8 heteroatoms. The number of carboxylic acid groups (broad SMARTS) is 1. The van der Waals surface area contributed by atoms with E-state index < -0.39 is 16.0 Å². The minimum atomic E-state index is -3.30. The third-order valence-corrected chi connectivity index (χ3v) is 3.65. The zero-order valence-electron chi connectivity index (χ0n) is 9.82. The number of benzene rings is 1. The van der Waals surface area contributed by atoms with Crippen LogP contribution in [0.5, 0.6) is 0 Å². The number of anilines is 1. The van der Waals surface area contributed by atoms with Gasteiger partial charge in [0.05, 0.1) is 11.1 Å². The highest BCUT2D eigenvalue weighted by Gasteiger charge is 2.10. The van der Waals surface area contributed by atoms with Gasteiger partial charge in [0.2, 0.25) is 10.0 Å². The molecule has 1 aromatic heterocycles. The number of hydrogen-bond acceptors (Lipinski definition) is 5. The molecule has 0 spiro atoms. The molecule has 6 nitrogen and oxygen atoms in total. The number of carboxylic acids is 1. The van der Waals surface area contributed by atoms with E-state index in [-0.39, 0.29) is 5.69 Å². The number of hydrogen-bond donors (Lipinski definition) is 2. The topological polar surface area (TPSA) is 96.4 Å². The molecular weight excluding hydrogens is 288 g/mol. The van der Waals surface area contributed by atoms with Crippen LogP contribution in [0.4, 0.5) is 5.69 Å². The fourth-order valence-electron chi connectivity index (χ4n) is 1.43. The fraction of sp³-hybridized carbons (Fsp3) is 0.0909. The summed E-state index contributed by atoms with van der Waals surface area (Å²) in [4.78, 5) is 11.4. The Kier molecular flexibility index (Phi) is 3.54. The van der Waals surface area contributed by atoms with Crippen LogP contribution in [0.25, 0.3) is 10.4 Å². The van der Waals surface area contributed by atoms with Gasteiger partial charge in [-0.25, -0.2) is 13.2 Å². The summed E-state index contributed by atoms with van der Waals surface area (Å²) in [5.41, 5.74) is 1.23. The van der Waals surface area contributed by atoms with Crippen LogP contribution in [0.1, 0.15) is 10.5 Å². The van der Waals surface area contributed by atoms with Gasteiger partial charge >= 0.3 is 5.97 Å². The molecule has 2 rings (SSSR count). The number of nitrogens with zero attached hydrogens (tertiary/aromatic N) is 1. The maximum Gasteiger partial charge on any atom is 0.355 e. The molecule has 0 aliphatic heterocycles. The first kappa shape index (κ1) is 13.5. The molecule has 2 N–H and O–H groups in total. The summed E-state index contributed by atoms with van der Waals surface area (Å²) < 4.78 is 28.3. The largest absolute Gasteiger partial charge is 0.476 e. The minimum Gasteiger partial charge on any atom is -0.476 e. The second kappa shape index (κ2) is 4.98. The van der Waals surface area contributed by atoms with Crippen LogP contribution < -0.4 is 4.72 Å². The zero-order chi connectivity index (χ0) is 14.0. The Labute approximate surface area is 113 Å². The highest BCUT2D eigenvalue weighted by atomic mass is 32.2. The van der Waals surface area contributed by atoms with Crippen molar-refractivity contribution in [2.75, 3.05) is 11.0 Å². The van der Waals surface area contributed by atoms with Crippen LogP contribution >= 0.6 is 11.5 Å². The molecule has 0 bridgehead atoms. The van der Waals surface area contributed by atoms with Crippen molar-refractivity contribution in [1.29, 1.82) is 0 Å². The average Bonchev–Trinajstić information content (AvgIpc) is 2.77. The van der Waals surface area contributed by atoms with Crippen molar-refractivity contribution in [3.63, 3.8) is 0 Å². The standard InChI is InChI=1S/C11H10N2O4S2/c1-19(16,17)13-8-4-2-7(3-5-8)10-6-9(11(14)15)12-18-10/h2-6,13H,1H3,(H,14,15). The van der Waals surface area contributed by atoms with E-state index in [2.05, 4.69) is 9.10 Å². The number of carbonyl (C=O) groups is 1. The van der Waals surface area contributed by atoms with Gasteiger partial charge in [0.25, 0.3) is 0 Å². The maximum atomic E-state index is 11.0. The van der Waals surface area contributed by atoms with Gasteiger partial charge in [-0.3, -0.25) is 4.72 Å². The molecule has 2 aromatic rings. The summed E-state index contributed by atoms with van der Waals surface area (Å²) in [7, 11) is -3.30. The van der Waals surface area contributed by atoms with Gasteiger partial charge in [0.1, 0.15) is 0 Å². The monoisotopic (exact) mass is 298 g/mol. The van der Waals surface area contributed by atoms with Gasteiger partial charge in [-0.15, -0.1) is 0 Å². The Morgan fingerprint density at radius 3 is 2.42 bits per heavy atom. The second-order valence-electron chi connectivity index (χ2n) is 3.83. The molecule has 0 amide bonds. The van der Waals surface area contributed by atoms with Crippen molar-refractivity contribution in [2.45, 2.75) is 0 Å². The van der Waals surface area contributed by atoms with Crippen molar-refractivity contribution in [2.24, 2.45) is 0 Å². The number of nitrogens with one attached hydrogen (secondary N) is 1. The zero-order valence-corrected chi connectivity index (χ0v) is 11.5. The first-order valence-corrected chi connectivity index (χ1v) is 7.80. The van der Waals surface area contributed by atoms with E-state index >= 15 is 0 Å². The summed E-state index contributed by atoms with van der Waals surface area (Å²) in [6.45, 7) is 0. The third-order valence-electron chi connectivity index (χ3n) is 2.20. The third kappa shape index (κ3) is 3.52. The Morgan fingerprint density at radius 2 is 1.95 bits per heavy atom. The normalized spacial score (nSPS) is 11.2. The van der Waals surface area contributed by atoms with Crippen molar-refractivity contribution < 1.29 is 18.3 Å². The molecule has 100 valence electrons. The van der Waals surface area contributed by atoms with E-state index in [1.165, 1.54) is 6.07 Å². The lowest BCUT2D eigenvalue weighted by molar-refractivity contribution is 0.0692. The lowest BCUT2D eigenvalue weighted by Crippen LogP contribution is -2.09. The first-order valence-electron chi connectivity index (χ1n) is 5.13. The van der Waals surface area contributed by atoms with Crippen LogP contribution in [0.2, 0.25) is 0 Å². The Balaban J connectivity index is 2.24.